The van der Waals surface area contributed by atoms with Crippen LogP contribution in [0.1, 0.15) is 0 Å². The Morgan fingerprint density at radius 1 is 0.696 bits per heavy atom. The highest BCUT2D eigenvalue weighted by Gasteiger charge is 2.12. The quantitative estimate of drug-likeness (QED) is 0.610. The zero-order valence-electron chi connectivity index (χ0n) is 11.4. The first-order chi connectivity index (χ1) is 10.8. The van der Waals surface area contributed by atoms with E-state index < -0.39 is 20.1 Å². The number of rotatable bonds is 6. The van der Waals surface area contributed by atoms with Gasteiger partial charge in [0.15, 0.2) is 0 Å². The Morgan fingerprint density at radius 3 is 1.26 bits per heavy atom. The lowest BCUT2D eigenvalue weighted by atomic mass is 10.3. The smallest absolute Gasteiger partial charge is 0.267 e. The van der Waals surface area contributed by atoms with Crippen molar-refractivity contribution in [1.29, 1.82) is 0 Å². The molecule has 23 heavy (non-hydrogen) atoms. The molecule has 0 bridgehead atoms. The fraction of sp³-hybridized carbons (Fsp3) is 0. The van der Waals surface area contributed by atoms with Gasteiger partial charge in [-0.15, -0.1) is 0 Å². The summed E-state index contributed by atoms with van der Waals surface area (Å²) >= 11 is 0. The molecule has 2 N–H and O–H groups in total. The van der Waals surface area contributed by atoms with Gasteiger partial charge in [-0.3, -0.25) is 29.7 Å². The SMILES string of the molecule is O=[N+]([O-])c1ccc(NS(=O)(=O)Nc2ccc([N+](=O)[O-])cc2)cc1. The van der Waals surface area contributed by atoms with Gasteiger partial charge in [-0.2, -0.15) is 8.42 Å². The molecule has 0 spiro atoms. The van der Waals surface area contributed by atoms with Gasteiger partial charge in [0.2, 0.25) is 0 Å². The van der Waals surface area contributed by atoms with Gasteiger partial charge in [0.25, 0.3) is 11.4 Å². The molecule has 2 aromatic rings. The van der Waals surface area contributed by atoms with Gasteiger partial charge in [-0.05, 0) is 24.3 Å². The number of anilines is 2. The third-order valence-electron chi connectivity index (χ3n) is 2.66. The fourth-order valence-electron chi connectivity index (χ4n) is 1.64. The molecular weight excluding hydrogens is 328 g/mol. The molecule has 11 heteroatoms. The van der Waals surface area contributed by atoms with Gasteiger partial charge in [-0.1, -0.05) is 0 Å². The molecule has 0 aliphatic rings. The second-order valence-electron chi connectivity index (χ2n) is 4.32. The molecule has 0 unspecified atom stereocenters. The molecule has 2 rings (SSSR count). The Bertz CT molecular complexity index is 767. The molecule has 2 aromatic carbocycles. The lowest BCUT2D eigenvalue weighted by Gasteiger charge is -2.10. The molecule has 120 valence electrons. The Labute approximate surface area is 130 Å². The first-order valence-corrected chi connectivity index (χ1v) is 7.54. The highest BCUT2D eigenvalue weighted by atomic mass is 32.2. The summed E-state index contributed by atoms with van der Waals surface area (Å²) in [5.41, 5.74) is -0.0809. The monoisotopic (exact) mass is 338 g/mol. The van der Waals surface area contributed by atoms with Crippen molar-refractivity contribution in [2.45, 2.75) is 0 Å². The molecule has 0 fully saturated rings. The Balaban J connectivity index is 2.09. The maximum absolute atomic E-state index is 11.9. The maximum atomic E-state index is 11.9. The molecule has 10 nitrogen and oxygen atoms in total. The highest BCUT2D eigenvalue weighted by molar-refractivity contribution is 7.94. The van der Waals surface area contributed by atoms with Crippen molar-refractivity contribution >= 4 is 33.0 Å². The average molecular weight is 338 g/mol. The van der Waals surface area contributed by atoms with Crippen molar-refractivity contribution in [3.8, 4) is 0 Å². The summed E-state index contributed by atoms with van der Waals surface area (Å²) in [6.07, 6.45) is 0. The largest absolute Gasteiger partial charge is 0.321 e. The van der Waals surface area contributed by atoms with Gasteiger partial charge in [0, 0.05) is 24.3 Å². The molecular formula is C12H10N4O6S. The molecule has 0 heterocycles. The lowest BCUT2D eigenvalue weighted by molar-refractivity contribution is -0.385. The van der Waals surface area contributed by atoms with E-state index in [1.807, 2.05) is 0 Å². The lowest BCUT2D eigenvalue weighted by Crippen LogP contribution is -2.21. The van der Waals surface area contributed by atoms with Gasteiger partial charge in [0.05, 0.1) is 21.2 Å². The number of non-ortho nitro benzene ring substituents is 2. The number of benzene rings is 2. The molecule has 0 aliphatic carbocycles. The van der Waals surface area contributed by atoms with Crippen LogP contribution >= 0.6 is 0 Å². The van der Waals surface area contributed by atoms with Crippen LogP contribution in [0.3, 0.4) is 0 Å². The summed E-state index contributed by atoms with van der Waals surface area (Å²) in [7, 11) is -3.99. The van der Waals surface area contributed by atoms with Crippen LogP contribution in [0.4, 0.5) is 22.7 Å². The standard InChI is InChI=1S/C12H10N4O6S/c17-15(18)11-5-1-9(2-6-11)13-23(21,22)14-10-3-7-12(8-4-10)16(19)20/h1-8,13-14H. The molecule has 0 atom stereocenters. The number of nitrogens with zero attached hydrogens (tertiary/aromatic N) is 2. The third-order valence-corrected chi connectivity index (χ3v) is 3.67. The number of hydrogen-bond acceptors (Lipinski definition) is 6. The summed E-state index contributed by atoms with van der Waals surface area (Å²) < 4.78 is 28.2. The van der Waals surface area contributed by atoms with Gasteiger partial charge < -0.3 is 0 Å². The fourth-order valence-corrected chi connectivity index (χ4v) is 2.58. The second-order valence-corrected chi connectivity index (χ2v) is 5.73. The summed E-state index contributed by atoms with van der Waals surface area (Å²) in [4.78, 5) is 19.8. The van der Waals surface area contributed by atoms with Crippen LogP contribution in [0.15, 0.2) is 48.5 Å². The maximum Gasteiger partial charge on any atom is 0.321 e. The number of nitro benzene ring substituents is 2. The zero-order valence-corrected chi connectivity index (χ0v) is 12.2. The van der Waals surface area contributed by atoms with Crippen molar-refractivity contribution in [2.24, 2.45) is 0 Å². The molecule has 0 saturated carbocycles. The zero-order chi connectivity index (χ0) is 17.0. The van der Waals surface area contributed by atoms with Crippen LogP contribution in [-0.2, 0) is 10.2 Å². The van der Waals surface area contributed by atoms with E-state index in [0.717, 1.165) is 24.3 Å². The summed E-state index contributed by atoms with van der Waals surface area (Å²) in [6, 6.07) is 9.60. The molecule has 0 aromatic heterocycles. The number of hydrogen-bond donors (Lipinski definition) is 2. The summed E-state index contributed by atoms with van der Waals surface area (Å²) in [6.45, 7) is 0. The first-order valence-electron chi connectivity index (χ1n) is 6.06. The van der Waals surface area contributed by atoms with Crippen molar-refractivity contribution in [3.63, 3.8) is 0 Å². The van der Waals surface area contributed by atoms with Crippen LogP contribution < -0.4 is 9.44 Å². The van der Waals surface area contributed by atoms with Gasteiger partial charge >= 0.3 is 10.2 Å². The van der Waals surface area contributed by atoms with Crippen LogP contribution in [-0.4, -0.2) is 18.3 Å². The highest BCUT2D eigenvalue weighted by Crippen LogP contribution is 2.19. The normalized spacial score (nSPS) is 10.8. The van der Waals surface area contributed by atoms with E-state index in [2.05, 4.69) is 9.44 Å². The van der Waals surface area contributed by atoms with E-state index >= 15 is 0 Å². The topological polar surface area (TPSA) is 144 Å². The Morgan fingerprint density at radius 2 is 1.00 bits per heavy atom. The van der Waals surface area contributed by atoms with E-state index in [0.29, 0.717) is 0 Å². The molecule has 0 amide bonds. The molecule has 0 radical (unpaired) electrons. The third kappa shape index (κ3) is 4.38. The minimum atomic E-state index is -3.99. The van der Waals surface area contributed by atoms with E-state index in [9.17, 15) is 28.6 Å². The van der Waals surface area contributed by atoms with Crippen molar-refractivity contribution in [1.82, 2.24) is 0 Å². The minimum Gasteiger partial charge on any atom is -0.267 e. The molecule has 0 saturated heterocycles. The minimum absolute atomic E-state index is 0.130. The Kier molecular flexibility index (Phi) is 4.41. The van der Waals surface area contributed by atoms with Crippen molar-refractivity contribution < 1.29 is 18.3 Å². The number of nitro groups is 2. The van der Waals surface area contributed by atoms with E-state index in [4.69, 9.17) is 0 Å². The van der Waals surface area contributed by atoms with Crippen LogP contribution in [0.5, 0.6) is 0 Å². The summed E-state index contributed by atoms with van der Waals surface area (Å²) in [5.74, 6) is 0. The van der Waals surface area contributed by atoms with Gasteiger partial charge in [0.1, 0.15) is 0 Å². The van der Waals surface area contributed by atoms with Crippen molar-refractivity contribution in [2.75, 3.05) is 9.44 Å². The predicted octanol–water partition coefficient (Wildman–Crippen LogP) is 2.27. The number of nitrogens with one attached hydrogen (secondary N) is 2. The first kappa shape index (κ1) is 16.2. The predicted molar refractivity (Wildman–Crippen MR) is 82.4 cm³/mol. The van der Waals surface area contributed by atoms with Crippen LogP contribution in [0.2, 0.25) is 0 Å². The van der Waals surface area contributed by atoms with Crippen molar-refractivity contribution in [3.05, 3.63) is 68.8 Å². The van der Waals surface area contributed by atoms with E-state index in [1.54, 1.807) is 0 Å². The second kappa shape index (κ2) is 6.27. The molecule has 0 aliphatic heterocycles. The van der Waals surface area contributed by atoms with Crippen LogP contribution in [0.25, 0.3) is 0 Å². The van der Waals surface area contributed by atoms with Crippen LogP contribution in [0, 0.1) is 20.2 Å². The van der Waals surface area contributed by atoms with Gasteiger partial charge in [-0.25, -0.2) is 0 Å². The van der Waals surface area contributed by atoms with E-state index in [-0.39, 0.29) is 22.7 Å². The summed E-state index contributed by atoms with van der Waals surface area (Å²) in [5, 5.41) is 21.0. The average Bonchev–Trinajstić information content (AvgIpc) is 2.47. The Hall–Kier alpha value is -3.21. The van der Waals surface area contributed by atoms with E-state index in [1.165, 1.54) is 24.3 Å².